The lowest BCUT2D eigenvalue weighted by molar-refractivity contribution is -0.133. The van der Waals surface area contributed by atoms with E-state index in [1.807, 2.05) is 39.8 Å². The molecule has 0 saturated carbocycles. The number of nitrogens with zero attached hydrogens (tertiary/aromatic N) is 4. The van der Waals surface area contributed by atoms with Gasteiger partial charge in [-0.05, 0) is 54.7 Å². The van der Waals surface area contributed by atoms with E-state index in [0.717, 1.165) is 41.9 Å². The van der Waals surface area contributed by atoms with E-state index in [-0.39, 0.29) is 17.4 Å². The molecular formula is C24H24N4O2. The van der Waals surface area contributed by atoms with Gasteiger partial charge in [0, 0.05) is 67.9 Å². The summed E-state index contributed by atoms with van der Waals surface area (Å²) in [7, 11) is 0. The van der Waals surface area contributed by atoms with Crippen molar-refractivity contribution in [3.05, 3.63) is 82.7 Å². The highest BCUT2D eigenvalue weighted by Gasteiger charge is 2.36. The van der Waals surface area contributed by atoms with Crippen molar-refractivity contribution < 1.29 is 4.79 Å². The van der Waals surface area contributed by atoms with Gasteiger partial charge in [0.2, 0.25) is 5.91 Å². The number of hydrogen-bond acceptors (Lipinski definition) is 4. The number of carbonyl (C=O) groups excluding carboxylic acids is 1. The number of amides is 1. The highest BCUT2D eigenvalue weighted by atomic mass is 16.2. The molecule has 0 spiro atoms. The van der Waals surface area contributed by atoms with Gasteiger partial charge in [-0.25, -0.2) is 0 Å². The molecule has 0 aromatic carbocycles. The van der Waals surface area contributed by atoms with E-state index >= 15 is 0 Å². The first-order valence-corrected chi connectivity index (χ1v) is 10.5. The molecule has 1 saturated heterocycles. The largest absolute Gasteiger partial charge is 0.342 e. The Morgan fingerprint density at radius 2 is 1.90 bits per heavy atom. The highest BCUT2D eigenvalue weighted by Crippen LogP contribution is 2.36. The van der Waals surface area contributed by atoms with Crippen LogP contribution in [0.2, 0.25) is 0 Å². The van der Waals surface area contributed by atoms with E-state index in [1.54, 1.807) is 24.7 Å². The Kier molecular flexibility index (Phi) is 4.91. The Morgan fingerprint density at radius 3 is 2.70 bits per heavy atom. The number of likely N-dealkylation sites (tertiary alicyclic amines) is 1. The van der Waals surface area contributed by atoms with Crippen molar-refractivity contribution in [1.82, 2.24) is 19.4 Å². The number of rotatable bonds is 4. The summed E-state index contributed by atoms with van der Waals surface area (Å²) in [6, 6.07) is 13.4. The van der Waals surface area contributed by atoms with Crippen LogP contribution in [0.3, 0.4) is 0 Å². The summed E-state index contributed by atoms with van der Waals surface area (Å²) in [5.74, 6) is 0.719. The molecule has 0 unspecified atom stereocenters. The zero-order valence-electron chi connectivity index (χ0n) is 16.8. The van der Waals surface area contributed by atoms with E-state index in [0.29, 0.717) is 25.4 Å². The minimum absolute atomic E-state index is 0.0281. The lowest BCUT2D eigenvalue weighted by Crippen LogP contribution is -2.49. The topological polar surface area (TPSA) is 68.1 Å². The van der Waals surface area contributed by atoms with E-state index < -0.39 is 0 Å². The maximum Gasteiger partial charge on any atom is 0.251 e. The molecular weight excluding hydrogens is 376 g/mol. The molecule has 0 radical (unpaired) electrons. The lowest BCUT2D eigenvalue weighted by atomic mass is 9.82. The van der Waals surface area contributed by atoms with Crippen molar-refractivity contribution in [1.29, 1.82) is 0 Å². The van der Waals surface area contributed by atoms with Crippen LogP contribution in [0, 0.1) is 5.92 Å². The average molecular weight is 400 g/mol. The minimum atomic E-state index is 0.0281. The van der Waals surface area contributed by atoms with Crippen LogP contribution in [-0.4, -0.2) is 38.4 Å². The number of pyridine rings is 3. The van der Waals surface area contributed by atoms with Crippen molar-refractivity contribution in [2.75, 3.05) is 13.1 Å². The van der Waals surface area contributed by atoms with Crippen molar-refractivity contribution in [3.8, 4) is 11.3 Å². The smallest absolute Gasteiger partial charge is 0.251 e. The maximum atomic E-state index is 12.9. The van der Waals surface area contributed by atoms with Crippen LogP contribution < -0.4 is 5.56 Å². The Hall–Kier alpha value is -3.28. The van der Waals surface area contributed by atoms with Crippen molar-refractivity contribution in [2.45, 2.75) is 31.7 Å². The monoisotopic (exact) mass is 400 g/mol. The molecule has 3 aromatic rings. The van der Waals surface area contributed by atoms with Gasteiger partial charge in [0.15, 0.2) is 0 Å². The molecule has 5 heterocycles. The second kappa shape index (κ2) is 7.86. The number of piperidine rings is 1. The molecule has 5 rings (SSSR count). The SMILES string of the molecule is O=C(CCc1ccncc1)N1C[C@@H]2C[C@H](C1)c1cc(-c3ccccn3)cc(=O)n1C2. The zero-order valence-corrected chi connectivity index (χ0v) is 16.8. The van der Waals surface area contributed by atoms with Crippen LogP contribution in [0.5, 0.6) is 0 Å². The van der Waals surface area contributed by atoms with Crippen molar-refractivity contribution in [3.63, 3.8) is 0 Å². The van der Waals surface area contributed by atoms with Crippen LogP contribution >= 0.6 is 0 Å². The van der Waals surface area contributed by atoms with Crippen LogP contribution in [0.15, 0.2) is 65.8 Å². The van der Waals surface area contributed by atoms with Gasteiger partial charge >= 0.3 is 0 Å². The Balaban J connectivity index is 1.36. The van der Waals surface area contributed by atoms with Gasteiger partial charge in [0.05, 0.1) is 5.69 Å². The minimum Gasteiger partial charge on any atom is -0.342 e. The summed E-state index contributed by atoms with van der Waals surface area (Å²) in [4.78, 5) is 36.1. The predicted molar refractivity (Wildman–Crippen MR) is 114 cm³/mol. The van der Waals surface area contributed by atoms with Crippen molar-refractivity contribution >= 4 is 5.91 Å². The predicted octanol–water partition coefficient (Wildman–Crippen LogP) is 2.88. The molecule has 0 aliphatic carbocycles. The standard InChI is InChI=1S/C24H24N4O2/c29-23(5-4-17-6-9-25-10-7-17)27-14-18-11-20(16-27)22-12-19(13-24(30)28(22)15-18)21-3-1-2-8-26-21/h1-3,6-10,12-13,18,20H,4-5,11,14-16H2/t18-,20+/m0/s1. The fourth-order valence-corrected chi connectivity index (χ4v) is 4.80. The van der Waals surface area contributed by atoms with E-state index in [2.05, 4.69) is 16.0 Å². The van der Waals surface area contributed by atoms with Gasteiger partial charge in [-0.15, -0.1) is 0 Å². The Bertz CT molecular complexity index is 1110. The Labute approximate surface area is 175 Å². The molecule has 0 N–H and O–H groups in total. The number of carbonyl (C=O) groups is 1. The number of aromatic nitrogens is 3. The first kappa shape index (κ1) is 18.7. The summed E-state index contributed by atoms with van der Waals surface area (Å²) >= 11 is 0. The quantitative estimate of drug-likeness (QED) is 0.675. The maximum absolute atomic E-state index is 12.9. The van der Waals surface area contributed by atoms with E-state index in [9.17, 15) is 9.59 Å². The first-order chi connectivity index (χ1) is 14.7. The molecule has 2 atom stereocenters. The molecule has 2 aliphatic rings. The second-order valence-electron chi connectivity index (χ2n) is 8.29. The third kappa shape index (κ3) is 3.65. The summed E-state index contributed by atoms with van der Waals surface area (Å²) in [6.45, 7) is 2.09. The molecule has 30 heavy (non-hydrogen) atoms. The third-order valence-electron chi connectivity index (χ3n) is 6.25. The van der Waals surface area contributed by atoms with Crippen molar-refractivity contribution in [2.24, 2.45) is 5.92 Å². The third-order valence-corrected chi connectivity index (χ3v) is 6.25. The average Bonchev–Trinajstić information content (AvgIpc) is 2.79. The van der Waals surface area contributed by atoms with Crippen LogP contribution in [-0.2, 0) is 17.8 Å². The van der Waals surface area contributed by atoms with Gasteiger partial charge in [-0.3, -0.25) is 19.6 Å². The van der Waals surface area contributed by atoms with E-state index in [1.165, 1.54) is 0 Å². The van der Waals surface area contributed by atoms with Crippen LogP contribution in [0.25, 0.3) is 11.3 Å². The molecule has 2 aliphatic heterocycles. The summed E-state index contributed by atoms with van der Waals surface area (Å²) in [6.07, 6.45) is 7.53. The molecule has 6 nitrogen and oxygen atoms in total. The lowest BCUT2D eigenvalue weighted by Gasteiger charge is -2.43. The summed E-state index contributed by atoms with van der Waals surface area (Å²) < 4.78 is 1.91. The highest BCUT2D eigenvalue weighted by molar-refractivity contribution is 5.76. The fourth-order valence-electron chi connectivity index (χ4n) is 4.80. The molecule has 2 bridgehead atoms. The number of aryl methyl sites for hydroxylation is 1. The van der Waals surface area contributed by atoms with Gasteiger partial charge in [0.1, 0.15) is 0 Å². The number of fused-ring (bicyclic) bond motifs is 4. The Morgan fingerprint density at radius 1 is 1.03 bits per heavy atom. The normalized spacial score (nSPS) is 19.9. The molecule has 1 amide bonds. The van der Waals surface area contributed by atoms with Crippen LogP contribution in [0.1, 0.15) is 30.0 Å². The zero-order chi connectivity index (χ0) is 20.5. The second-order valence-corrected chi connectivity index (χ2v) is 8.29. The van der Waals surface area contributed by atoms with E-state index in [4.69, 9.17) is 0 Å². The molecule has 1 fully saturated rings. The van der Waals surface area contributed by atoms with Gasteiger partial charge in [-0.2, -0.15) is 0 Å². The van der Waals surface area contributed by atoms with Gasteiger partial charge in [0.25, 0.3) is 5.56 Å². The summed E-state index contributed by atoms with van der Waals surface area (Å²) in [5.41, 5.74) is 3.85. The fraction of sp³-hybridized carbons (Fsp3) is 0.333. The molecule has 6 heteroatoms. The van der Waals surface area contributed by atoms with Gasteiger partial charge in [-0.1, -0.05) is 6.07 Å². The summed E-state index contributed by atoms with van der Waals surface area (Å²) in [5, 5.41) is 0. The first-order valence-electron chi connectivity index (χ1n) is 10.5. The molecule has 3 aromatic heterocycles. The van der Waals surface area contributed by atoms with Gasteiger partial charge < -0.3 is 9.47 Å². The molecule has 152 valence electrons. The van der Waals surface area contributed by atoms with Crippen LogP contribution in [0.4, 0.5) is 0 Å². The number of hydrogen-bond donors (Lipinski definition) is 0.